The molecule has 2 amide bonds. The number of carbonyl (C=O) groups excluding carboxylic acids is 2. The lowest BCUT2D eigenvalue weighted by Crippen LogP contribution is -2.45. The van der Waals surface area contributed by atoms with Crippen LogP contribution < -0.4 is 15.4 Å². The number of esters is 1. The highest BCUT2D eigenvalue weighted by Crippen LogP contribution is 2.31. The number of allylic oxidation sites excluding steroid dienone is 1. The van der Waals surface area contributed by atoms with Gasteiger partial charge in [0.1, 0.15) is 18.2 Å². The molecule has 0 spiro atoms. The number of hydrogen-bond donors (Lipinski definition) is 2. The molecule has 1 heterocycles. The standard InChI is InChI=1S/C22H23FN2O4/c1-3-5-18-19(21(26)28-2)20(25-22(27)24-18)15-6-4-7-17(12-15)29-13-14-8-10-16(23)11-9-14/h4,6-12,20H,3,5,13H2,1-2H3,(H2,24,25,27). The summed E-state index contributed by atoms with van der Waals surface area (Å²) < 4.78 is 23.8. The second-order valence-electron chi connectivity index (χ2n) is 6.65. The van der Waals surface area contributed by atoms with Crippen LogP contribution in [0.5, 0.6) is 5.75 Å². The van der Waals surface area contributed by atoms with Gasteiger partial charge in [0.25, 0.3) is 0 Å². The molecule has 0 saturated heterocycles. The predicted octanol–water partition coefficient (Wildman–Crippen LogP) is 3.99. The highest BCUT2D eigenvalue weighted by atomic mass is 19.1. The largest absolute Gasteiger partial charge is 0.489 e. The summed E-state index contributed by atoms with van der Waals surface area (Å²) in [5, 5.41) is 5.50. The fraction of sp³-hybridized carbons (Fsp3) is 0.273. The van der Waals surface area contributed by atoms with E-state index in [1.54, 1.807) is 30.3 Å². The Labute approximate surface area is 168 Å². The first-order valence-electron chi connectivity index (χ1n) is 9.38. The van der Waals surface area contributed by atoms with Crippen molar-refractivity contribution in [3.63, 3.8) is 0 Å². The molecule has 152 valence electrons. The van der Waals surface area contributed by atoms with Crippen LogP contribution in [0.3, 0.4) is 0 Å². The smallest absolute Gasteiger partial charge is 0.337 e. The van der Waals surface area contributed by atoms with Gasteiger partial charge in [0, 0.05) is 5.70 Å². The van der Waals surface area contributed by atoms with Gasteiger partial charge in [-0.15, -0.1) is 0 Å². The zero-order chi connectivity index (χ0) is 20.8. The van der Waals surface area contributed by atoms with Gasteiger partial charge in [-0.25, -0.2) is 14.0 Å². The first-order valence-corrected chi connectivity index (χ1v) is 9.38. The number of hydrogen-bond acceptors (Lipinski definition) is 4. The average molecular weight is 398 g/mol. The molecule has 1 atom stereocenters. The lowest BCUT2D eigenvalue weighted by molar-refractivity contribution is -0.136. The van der Waals surface area contributed by atoms with Crippen molar-refractivity contribution >= 4 is 12.0 Å². The second-order valence-corrected chi connectivity index (χ2v) is 6.65. The lowest BCUT2D eigenvalue weighted by atomic mass is 9.93. The van der Waals surface area contributed by atoms with Crippen LogP contribution in [0.2, 0.25) is 0 Å². The third kappa shape index (κ3) is 4.93. The van der Waals surface area contributed by atoms with E-state index in [0.29, 0.717) is 29.0 Å². The van der Waals surface area contributed by atoms with Crippen molar-refractivity contribution in [3.8, 4) is 5.75 Å². The number of urea groups is 1. The van der Waals surface area contributed by atoms with E-state index in [2.05, 4.69) is 10.6 Å². The molecule has 3 rings (SSSR count). The van der Waals surface area contributed by atoms with Gasteiger partial charge in [0.15, 0.2) is 0 Å². The van der Waals surface area contributed by atoms with Gasteiger partial charge < -0.3 is 20.1 Å². The van der Waals surface area contributed by atoms with Gasteiger partial charge in [-0.3, -0.25) is 0 Å². The number of benzene rings is 2. The number of nitrogens with one attached hydrogen (secondary N) is 2. The zero-order valence-corrected chi connectivity index (χ0v) is 16.3. The van der Waals surface area contributed by atoms with Crippen molar-refractivity contribution in [2.75, 3.05) is 7.11 Å². The molecule has 2 aromatic rings. The predicted molar refractivity (Wildman–Crippen MR) is 106 cm³/mol. The SMILES string of the molecule is CCCC1=C(C(=O)OC)C(c2cccc(OCc3ccc(F)cc3)c2)NC(=O)N1. The first kappa shape index (κ1) is 20.4. The number of ether oxygens (including phenoxy) is 2. The number of carbonyl (C=O) groups is 2. The van der Waals surface area contributed by atoms with E-state index in [0.717, 1.165) is 12.0 Å². The summed E-state index contributed by atoms with van der Waals surface area (Å²) in [6, 6.07) is 12.2. The van der Waals surface area contributed by atoms with Crippen LogP contribution >= 0.6 is 0 Å². The number of amides is 2. The van der Waals surface area contributed by atoms with Crippen LogP contribution in [-0.4, -0.2) is 19.1 Å². The van der Waals surface area contributed by atoms with Crippen LogP contribution in [-0.2, 0) is 16.1 Å². The van der Waals surface area contributed by atoms with Crippen LogP contribution in [0.4, 0.5) is 9.18 Å². The quantitative estimate of drug-likeness (QED) is 0.692. The van der Waals surface area contributed by atoms with Crippen LogP contribution in [0.1, 0.15) is 36.9 Å². The van der Waals surface area contributed by atoms with Gasteiger partial charge in [-0.1, -0.05) is 37.6 Å². The molecule has 6 nitrogen and oxygen atoms in total. The summed E-state index contributed by atoms with van der Waals surface area (Å²) in [5.41, 5.74) is 2.47. The number of rotatable bonds is 7. The minimum atomic E-state index is -0.646. The Balaban J connectivity index is 1.86. The van der Waals surface area contributed by atoms with Gasteiger partial charge in [0.05, 0.1) is 18.7 Å². The maximum absolute atomic E-state index is 13.0. The van der Waals surface area contributed by atoms with Crippen LogP contribution in [0.15, 0.2) is 59.8 Å². The fourth-order valence-corrected chi connectivity index (χ4v) is 3.20. The molecule has 0 aromatic heterocycles. The van der Waals surface area contributed by atoms with Crippen molar-refractivity contribution in [1.29, 1.82) is 0 Å². The molecule has 1 aliphatic heterocycles. The first-order chi connectivity index (χ1) is 14.0. The lowest BCUT2D eigenvalue weighted by Gasteiger charge is -2.29. The summed E-state index contributed by atoms with van der Waals surface area (Å²) in [5.74, 6) is -0.230. The summed E-state index contributed by atoms with van der Waals surface area (Å²) in [4.78, 5) is 24.6. The van der Waals surface area contributed by atoms with E-state index < -0.39 is 12.0 Å². The van der Waals surface area contributed by atoms with E-state index in [-0.39, 0.29) is 18.5 Å². The van der Waals surface area contributed by atoms with Gasteiger partial charge in [0.2, 0.25) is 0 Å². The number of methoxy groups -OCH3 is 1. The molecule has 1 unspecified atom stereocenters. The Hall–Kier alpha value is -3.35. The fourth-order valence-electron chi connectivity index (χ4n) is 3.20. The second kappa shape index (κ2) is 9.23. The summed E-state index contributed by atoms with van der Waals surface area (Å²) in [7, 11) is 1.31. The molecule has 7 heteroatoms. The maximum Gasteiger partial charge on any atom is 0.337 e. The third-order valence-electron chi connectivity index (χ3n) is 4.57. The minimum Gasteiger partial charge on any atom is -0.489 e. The van der Waals surface area contributed by atoms with Crippen molar-refractivity contribution in [3.05, 3.63) is 76.7 Å². The molecule has 0 radical (unpaired) electrons. The van der Waals surface area contributed by atoms with E-state index in [4.69, 9.17) is 9.47 Å². The molecular weight excluding hydrogens is 375 g/mol. The summed E-state index contributed by atoms with van der Waals surface area (Å²) in [6.07, 6.45) is 1.32. The Morgan fingerprint density at radius 2 is 1.93 bits per heavy atom. The molecule has 0 fully saturated rings. The molecule has 29 heavy (non-hydrogen) atoms. The Morgan fingerprint density at radius 3 is 2.62 bits per heavy atom. The molecule has 2 aromatic carbocycles. The van der Waals surface area contributed by atoms with Crippen molar-refractivity contribution in [2.24, 2.45) is 0 Å². The van der Waals surface area contributed by atoms with E-state index in [1.807, 2.05) is 13.0 Å². The van der Waals surface area contributed by atoms with Crippen molar-refractivity contribution in [1.82, 2.24) is 10.6 Å². The Morgan fingerprint density at radius 1 is 1.17 bits per heavy atom. The summed E-state index contributed by atoms with van der Waals surface area (Å²) in [6.45, 7) is 2.23. The number of halogens is 1. The molecular formula is C22H23FN2O4. The Bertz CT molecular complexity index is 925. The van der Waals surface area contributed by atoms with Gasteiger partial charge in [-0.2, -0.15) is 0 Å². The Kier molecular flexibility index (Phi) is 6.49. The summed E-state index contributed by atoms with van der Waals surface area (Å²) >= 11 is 0. The third-order valence-corrected chi connectivity index (χ3v) is 4.57. The molecule has 1 aliphatic rings. The van der Waals surface area contributed by atoms with Crippen molar-refractivity contribution < 1.29 is 23.5 Å². The van der Waals surface area contributed by atoms with Gasteiger partial charge >= 0.3 is 12.0 Å². The monoisotopic (exact) mass is 398 g/mol. The molecule has 2 N–H and O–H groups in total. The molecule has 0 aliphatic carbocycles. The minimum absolute atomic E-state index is 0.267. The zero-order valence-electron chi connectivity index (χ0n) is 16.3. The topological polar surface area (TPSA) is 76.7 Å². The van der Waals surface area contributed by atoms with Crippen molar-refractivity contribution in [2.45, 2.75) is 32.4 Å². The van der Waals surface area contributed by atoms with Crippen LogP contribution in [0.25, 0.3) is 0 Å². The molecule has 0 saturated carbocycles. The highest BCUT2D eigenvalue weighted by Gasteiger charge is 2.33. The van der Waals surface area contributed by atoms with E-state index in [1.165, 1.54) is 19.2 Å². The normalized spacial score (nSPS) is 16.1. The average Bonchev–Trinajstić information content (AvgIpc) is 2.73. The maximum atomic E-state index is 13.0. The van der Waals surface area contributed by atoms with E-state index in [9.17, 15) is 14.0 Å². The van der Waals surface area contributed by atoms with Crippen LogP contribution in [0, 0.1) is 5.82 Å². The molecule has 0 bridgehead atoms. The van der Waals surface area contributed by atoms with Gasteiger partial charge in [-0.05, 0) is 41.8 Å². The van der Waals surface area contributed by atoms with E-state index >= 15 is 0 Å². The highest BCUT2D eigenvalue weighted by molar-refractivity contribution is 5.95.